The number of amides is 1. The lowest BCUT2D eigenvalue weighted by atomic mass is 9.96. The van der Waals surface area contributed by atoms with E-state index in [1.807, 2.05) is 24.1 Å². The molecule has 0 saturated carbocycles. The van der Waals surface area contributed by atoms with Crippen LogP contribution in [0.15, 0.2) is 18.2 Å². The number of benzene rings is 1. The van der Waals surface area contributed by atoms with E-state index in [0.717, 1.165) is 37.6 Å². The summed E-state index contributed by atoms with van der Waals surface area (Å²) in [6.07, 6.45) is 3.25. The fourth-order valence-electron chi connectivity index (χ4n) is 3.34. The van der Waals surface area contributed by atoms with Crippen LogP contribution in [0.1, 0.15) is 32.3 Å². The Labute approximate surface area is 144 Å². The smallest absolute Gasteiger partial charge is 0.231 e. The molecule has 2 aliphatic heterocycles. The summed E-state index contributed by atoms with van der Waals surface area (Å²) in [6.45, 7) is 7.56. The molecule has 5 heteroatoms. The molecule has 3 rings (SSSR count). The minimum atomic E-state index is 0.169. The predicted octanol–water partition coefficient (Wildman–Crippen LogP) is 2.54. The molecular weight excluding hydrogens is 304 g/mol. The van der Waals surface area contributed by atoms with E-state index in [1.165, 1.54) is 18.4 Å². The van der Waals surface area contributed by atoms with Crippen LogP contribution in [0, 0.1) is 5.92 Å². The van der Waals surface area contributed by atoms with Crippen LogP contribution in [-0.4, -0.2) is 55.2 Å². The molecule has 0 radical (unpaired) electrons. The van der Waals surface area contributed by atoms with Crippen molar-refractivity contribution in [3.05, 3.63) is 23.8 Å². The molecule has 0 spiro atoms. The van der Waals surface area contributed by atoms with Crippen LogP contribution in [-0.2, 0) is 11.2 Å². The minimum absolute atomic E-state index is 0.169. The van der Waals surface area contributed by atoms with Gasteiger partial charge >= 0.3 is 0 Å². The highest BCUT2D eigenvalue weighted by Gasteiger charge is 2.34. The lowest BCUT2D eigenvalue weighted by Crippen LogP contribution is -2.55. The highest BCUT2D eigenvalue weighted by Crippen LogP contribution is 2.33. The number of carbonyl (C=O) groups excluding carboxylic acids is 1. The summed E-state index contributed by atoms with van der Waals surface area (Å²) < 4.78 is 10.8. The molecule has 0 aromatic heterocycles. The Bertz CT molecular complexity index is 584. The van der Waals surface area contributed by atoms with Crippen molar-refractivity contribution in [1.82, 2.24) is 9.80 Å². The third-order valence-corrected chi connectivity index (χ3v) is 5.11. The van der Waals surface area contributed by atoms with Crippen molar-refractivity contribution >= 4 is 5.91 Å². The summed E-state index contributed by atoms with van der Waals surface area (Å²) >= 11 is 0. The second kappa shape index (κ2) is 7.43. The average molecular weight is 332 g/mol. The van der Waals surface area contributed by atoms with Crippen LogP contribution in [0.4, 0.5) is 0 Å². The molecule has 0 aliphatic carbocycles. The number of carbonyl (C=O) groups is 1. The number of ether oxygens (including phenoxy) is 2. The van der Waals surface area contributed by atoms with Gasteiger partial charge in [0.15, 0.2) is 11.5 Å². The molecule has 2 aliphatic rings. The fourth-order valence-corrected chi connectivity index (χ4v) is 3.34. The van der Waals surface area contributed by atoms with Gasteiger partial charge in [-0.05, 0) is 44.0 Å². The van der Waals surface area contributed by atoms with Crippen molar-refractivity contribution < 1.29 is 14.3 Å². The molecule has 1 unspecified atom stereocenters. The van der Waals surface area contributed by atoms with E-state index in [-0.39, 0.29) is 17.9 Å². The van der Waals surface area contributed by atoms with E-state index < -0.39 is 0 Å². The lowest BCUT2D eigenvalue weighted by molar-refractivity contribution is -0.141. The van der Waals surface area contributed by atoms with Crippen molar-refractivity contribution in [1.29, 1.82) is 0 Å². The zero-order valence-electron chi connectivity index (χ0n) is 15.0. The molecule has 24 heavy (non-hydrogen) atoms. The first kappa shape index (κ1) is 17.1. The second-order valence-electron chi connectivity index (χ2n) is 7.00. The zero-order chi connectivity index (χ0) is 17.1. The van der Waals surface area contributed by atoms with Crippen molar-refractivity contribution in [3.8, 4) is 11.5 Å². The summed E-state index contributed by atoms with van der Waals surface area (Å²) in [6, 6.07) is 6.19. The minimum Gasteiger partial charge on any atom is -0.454 e. The molecule has 1 saturated heterocycles. The van der Waals surface area contributed by atoms with Crippen LogP contribution in [0.25, 0.3) is 0 Å². The maximum atomic E-state index is 12.6. The molecule has 1 aromatic carbocycles. The molecule has 1 amide bonds. The summed E-state index contributed by atoms with van der Waals surface area (Å²) in [5, 5.41) is 0. The highest BCUT2D eigenvalue weighted by molar-refractivity contribution is 5.80. The molecule has 0 N–H and O–H groups in total. The predicted molar refractivity (Wildman–Crippen MR) is 93.3 cm³/mol. The number of hydrogen-bond donors (Lipinski definition) is 0. The molecule has 2 heterocycles. The number of hydrogen-bond acceptors (Lipinski definition) is 4. The van der Waals surface area contributed by atoms with Crippen molar-refractivity contribution in [2.24, 2.45) is 5.92 Å². The normalized spacial score (nSPS) is 18.3. The number of rotatable bonds is 7. The number of likely N-dealkylation sites (N-methyl/N-ethyl adjacent to an activating group) is 1. The van der Waals surface area contributed by atoms with Crippen LogP contribution in [0.3, 0.4) is 0 Å². The number of likely N-dealkylation sites (tertiary alicyclic amines) is 1. The summed E-state index contributed by atoms with van der Waals surface area (Å²) in [5.41, 5.74) is 1.17. The van der Waals surface area contributed by atoms with Gasteiger partial charge in [0.2, 0.25) is 12.7 Å². The molecule has 132 valence electrons. The van der Waals surface area contributed by atoms with Gasteiger partial charge in [-0.3, -0.25) is 4.79 Å². The van der Waals surface area contributed by atoms with Crippen LogP contribution < -0.4 is 9.47 Å². The zero-order valence-corrected chi connectivity index (χ0v) is 15.0. The third-order valence-electron chi connectivity index (χ3n) is 5.11. The number of fused-ring (bicyclic) bond motifs is 1. The first-order valence-electron chi connectivity index (χ1n) is 8.96. The highest BCUT2D eigenvalue weighted by atomic mass is 16.7. The Kier molecular flexibility index (Phi) is 5.29. The van der Waals surface area contributed by atoms with E-state index in [2.05, 4.69) is 24.8 Å². The Balaban J connectivity index is 1.49. The van der Waals surface area contributed by atoms with Crippen LogP contribution >= 0.6 is 0 Å². The lowest BCUT2D eigenvalue weighted by Gasteiger charge is -2.41. The van der Waals surface area contributed by atoms with Gasteiger partial charge in [-0.2, -0.15) is 0 Å². The standard InChI is InChI=1S/C19H28N2O3/c1-4-5-8-21-11-16(12-21)19(22)20(3)14(2)9-15-6-7-17-18(10-15)24-13-23-17/h6-7,10,14,16H,4-5,8-9,11-13H2,1-3H3. The third kappa shape index (κ3) is 3.66. The quantitative estimate of drug-likeness (QED) is 0.769. The Morgan fingerprint density at radius 2 is 2.08 bits per heavy atom. The van der Waals surface area contributed by atoms with E-state index in [4.69, 9.17) is 9.47 Å². The first-order valence-corrected chi connectivity index (χ1v) is 8.96. The molecule has 1 aromatic rings. The average Bonchev–Trinajstić information content (AvgIpc) is 3.00. The van der Waals surface area contributed by atoms with Crippen LogP contribution in [0.5, 0.6) is 11.5 Å². The topological polar surface area (TPSA) is 42.0 Å². The number of unbranched alkanes of at least 4 members (excludes halogenated alkanes) is 1. The monoisotopic (exact) mass is 332 g/mol. The van der Waals surface area contributed by atoms with Gasteiger partial charge in [-0.1, -0.05) is 19.4 Å². The van der Waals surface area contributed by atoms with E-state index >= 15 is 0 Å². The SMILES string of the molecule is CCCCN1CC(C(=O)N(C)C(C)Cc2ccc3c(c2)OCO3)C1. The van der Waals surface area contributed by atoms with Gasteiger partial charge < -0.3 is 19.3 Å². The van der Waals surface area contributed by atoms with Gasteiger partial charge in [-0.25, -0.2) is 0 Å². The van der Waals surface area contributed by atoms with Gasteiger partial charge in [0.05, 0.1) is 5.92 Å². The Morgan fingerprint density at radius 3 is 2.83 bits per heavy atom. The van der Waals surface area contributed by atoms with Gasteiger partial charge in [0, 0.05) is 26.2 Å². The van der Waals surface area contributed by atoms with Crippen molar-refractivity contribution in [2.75, 3.05) is 33.5 Å². The Hall–Kier alpha value is -1.75. The van der Waals surface area contributed by atoms with E-state index in [9.17, 15) is 4.79 Å². The van der Waals surface area contributed by atoms with E-state index in [0.29, 0.717) is 6.79 Å². The summed E-state index contributed by atoms with van der Waals surface area (Å²) in [4.78, 5) is 16.9. The van der Waals surface area contributed by atoms with Crippen molar-refractivity contribution in [2.45, 2.75) is 39.2 Å². The molecular formula is C19H28N2O3. The largest absolute Gasteiger partial charge is 0.454 e. The number of nitrogens with zero attached hydrogens (tertiary/aromatic N) is 2. The molecule has 1 fully saturated rings. The molecule has 0 bridgehead atoms. The second-order valence-corrected chi connectivity index (χ2v) is 7.00. The Morgan fingerprint density at radius 1 is 1.33 bits per heavy atom. The van der Waals surface area contributed by atoms with Crippen molar-refractivity contribution in [3.63, 3.8) is 0 Å². The molecule has 1 atom stereocenters. The van der Waals surface area contributed by atoms with Gasteiger partial charge in [0.1, 0.15) is 0 Å². The van der Waals surface area contributed by atoms with Gasteiger partial charge in [-0.15, -0.1) is 0 Å². The van der Waals surface area contributed by atoms with Crippen LogP contribution in [0.2, 0.25) is 0 Å². The maximum absolute atomic E-state index is 12.6. The maximum Gasteiger partial charge on any atom is 0.231 e. The fraction of sp³-hybridized carbons (Fsp3) is 0.632. The first-order chi connectivity index (χ1) is 11.6. The molecule has 5 nitrogen and oxygen atoms in total. The summed E-state index contributed by atoms with van der Waals surface area (Å²) in [7, 11) is 1.93. The van der Waals surface area contributed by atoms with E-state index in [1.54, 1.807) is 0 Å². The van der Waals surface area contributed by atoms with Gasteiger partial charge in [0.25, 0.3) is 0 Å². The summed E-state index contributed by atoms with van der Waals surface area (Å²) in [5.74, 6) is 2.05.